The van der Waals surface area contributed by atoms with Crippen LogP contribution >= 0.6 is 0 Å². The molecule has 3 rings (SSSR count). The highest BCUT2D eigenvalue weighted by Crippen LogP contribution is 2.30. The number of carbonyl (C=O) groups excluding carboxylic acids is 3. The molecule has 0 radical (unpaired) electrons. The molecule has 176 valence electrons. The number of hydrogen-bond acceptors (Lipinski definition) is 6. The van der Waals surface area contributed by atoms with Gasteiger partial charge in [0.05, 0.1) is 32.9 Å². The van der Waals surface area contributed by atoms with Crippen molar-refractivity contribution in [2.24, 2.45) is 0 Å². The number of rotatable bonds is 10. The van der Waals surface area contributed by atoms with E-state index in [1.807, 2.05) is 19.1 Å². The molecule has 2 aromatic carbocycles. The van der Waals surface area contributed by atoms with Gasteiger partial charge >= 0.3 is 0 Å². The van der Waals surface area contributed by atoms with Gasteiger partial charge in [0.1, 0.15) is 11.8 Å². The summed E-state index contributed by atoms with van der Waals surface area (Å²) in [4.78, 5) is 41.4. The molecule has 0 bridgehead atoms. The Morgan fingerprint density at radius 3 is 2.33 bits per heavy atom. The molecule has 1 fully saturated rings. The molecule has 0 aliphatic carbocycles. The zero-order chi connectivity index (χ0) is 24.0. The average Bonchev–Trinajstić information content (AvgIpc) is 3.13. The Bertz CT molecular complexity index is 1000. The van der Waals surface area contributed by atoms with Gasteiger partial charge in [0, 0.05) is 13.0 Å². The number of methoxy groups -OCH3 is 2. The van der Waals surface area contributed by atoms with Crippen molar-refractivity contribution in [2.45, 2.75) is 39.2 Å². The first-order valence-electron chi connectivity index (χ1n) is 11.0. The van der Waals surface area contributed by atoms with E-state index in [9.17, 15) is 14.4 Å². The Kier molecular flexibility index (Phi) is 7.92. The van der Waals surface area contributed by atoms with Gasteiger partial charge in [-0.1, -0.05) is 13.0 Å². The summed E-state index contributed by atoms with van der Waals surface area (Å²) >= 11 is 0. The van der Waals surface area contributed by atoms with Crippen molar-refractivity contribution >= 4 is 23.4 Å². The van der Waals surface area contributed by atoms with Gasteiger partial charge < -0.3 is 19.1 Å². The van der Waals surface area contributed by atoms with E-state index >= 15 is 0 Å². The smallest absolute Gasteiger partial charge is 0.257 e. The van der Waals surface area contributed by atoms with E-state index in [1.54, 1.807) is 51.5 Å². The summed E-state index contributed by atoms with van der Waals surface area (Å²) in [5.74, 6) is 0.986. The maximum atomic E-state index is 13.2. The Hall–Kier alpha value is -3.55. The van der Waals surface area contributed by atoms with Gasteiger partial charge in [-0.3, -0.25) is 14.4 Å². The number of ether oxygens (including phenoxy) is 3. The third-order valence-electron chi connectivity index (χ3n) is 5.62. The summed E-state index contributed by atoms with van der Waals surface area (Å²) in [5, 5.41) is 0. The van der Waals surface area contributed by atoms with E-state index in [0.29, 0.717) is 42.5 Å². The van der Waals surface area contributed by atoms with Gasteiger partial charge in [-0.2, -0.15) is 0 Å². The lowest BCUT2D eigenvalue weighted by Crippen LogP contribution is -2.46. The van der Waals surface area contributed by atoms with Gasteiger partial charge in [0.15, 0.2) is 11.5 Å². The molecule has 1 aliphatic rings. The number of hydrogen-bond donors (Lipinski definition) is 0. The fraction of sp³-hybridized carbons (Fsp3) is 0.400. The lowest BCUT2D eigenvalue weighted by molar-refractivity contribution is -0.138. The Labute approximate surface area is 194 Å². The first-order chi connectivity index (χ1) is 15.9. The van der Waals surface area contributed by atoms with Crippen molar-refractivity contribution in [1.82, 2.24) is 4.90 Å². The Balaban J connectivity index is 1.78. The maximum absolute atomic E-state index is 13.2. The molecule has 0 spiro atoms. The van der Waals surface area contributed by atoms with Crippen LogP contribution in [0.2, 0.25) is 0 Å². The standard InChI is InChI=1S/C25H30N2O6/c1-5-23(28)26(14-13-17-7-12-21(31-3)22(15-17)32-4)20-16-24(29)27(25(20)30)18-8-10-19(11-9-18)33-6-2/h7-12,15,20H,5-6,13-14,16H2,1-4H3. The van der Waals surface area contributed by atoms with E-state index in [2.05, 4.69) is 0 Å². The van der Waals surface area contributed by atoms with Gasteiger partial charge in [-0.05, 0) is 55.3 Å². The monoisotopic (exact) mass is 454 g/mol. The summed E-state index contributed by atoms with van der Waals surface area (Å²) in [7, 11) is 3.13. The SMILES string of the molecule is CCOc1ccc(N2C(=O)CC(N(CCc3ccc(OC)c(OC)c3)C(=O)CC)C2=O)cc1. The molecule has 0 saturated carbocycles. The van der Waals surface area contributed by atoms with E-state index < -0.39 is 11.9 Å². The lowest BCUT2D eigenvalue weighted by Gasteiger charge is -2.27. The molecule has 1 unspecified atom stereocenters. The molecular formula is C25H30N2O6. The molecule has 33 heavy (non-hydrogen) atoms. The fourth-order valence-electron chi connectivity index (χ4n) is 3.93. The zero-order valence-electron chi connectivity index (χ0n) is 19.5. The number of benzene rings is 2. The molecule has 0 N–H and O–H groups in total. The molecule has 8 heteroatoms. The van der Waals surface area contributed by atoms with E-state index in [1.165, 1.54) is 4.90 Å². The zero-order valence-corrected chi connectivity index (χ0v) is 19.5. The third-order valence-corrected chi connectivity index (χ3v) is 5.62. The van der Waals surface area contributed by atoms with Crippen molar-refractivity contribution in [3.63, 3.8) is 0 Å². The first kappa shape index (κ1) is 24.1. The van der Waals surface area contributed by atoms with Crippen LogP contribution < -0.4 is 19.1 Å². The third kappa shape index (κ3) is 5.27. The summed E-state index contributed by atoms with van der Waals surface area (Å²) in [5.41, 5.74) is 1.40. The van der Waals surface area contributed by atoms with Gasteiger partial charge in [0.2, 0.25) is 11.8 Å². The lowest BCUT2D eigenvalue weighted by atomic mass is 10.1. The Morgan fingerprint density at radius 2 is 1.73 bits per heavy atom. The van der Waals surface area contributed by atoms with Crippen LogP contribution in [0.5, 0.6) is 17.2 Å². The number of anilines is 1. The molecule has 3 amide bonds. The van der Waals surface area contributed by atoms with E-state index in [0.717, 1.165) is 10.5 Å². The van der Waals surface area contributed by atoms with Crippen LogP contribution in [-0.4, -0.2) is 56.0 Å². The minimum Gasteiger partial charge on any atom is -0.494 e. The van der Waals surface area contributed by atoms with Crippen molar-refractivity contribution in [3.05, 3.63) is 48.0 Å². The van der Waals surface area contributed by atoms with Crippen molar-refractivity contribution in [1.29, 1.82) is 0 Å². The fourth-order valence-corrected chi connectivity index (χ4v) is 3.93. The summed E-state index contributed by atoms with van der Waals surface area (Å²) in [6, 6.07) is 11.5. The Morgan fingerprint density at radius 1 is 1.03 bits per heavy atom. The van der Waals surface area contributed by atoms with Gasteiger partial charge in [-0.15, -0.1) is 0 Å². The molecule has 1 atom stereocenters. The summed E-state index contributed by atoms with van der Waals surface area (Å²) in [6.07, 6.45) is 0.712. The quantitative estimate of drug-likeness (QED) is 0.513. The summed E-state index contributed by atoms with van der Waals surface area (Å²) < 4.78 is 16.0. The number of nitrogens with zero attached hydrogens (tertiary/aromatic N) is 2. The second-order valence-electron chi connectivity index (χ2n) is 7.59. The molecule has 1 aliphatic heterocycles. The predicted octanol–water partition coefficient (Wildman–Crippen LogP) is 3.22. The van der Waals surface area contributed by atoms with Crippen LogP contribution in [0.15, 0.2) is 42.5 Å². The summed E-state index contributed by atoms with van der Waals surface area (Å²) in [6.45, 7) is 4.46. The number of imide groups is 1. The number of amides is 3. The second-order valence-corrected chi connectivity index (χ2v) is 7.59. The average molecular weight is 455 g/mol. The van der Waals surface area contributed by atoms with Crippen LogP contribution in [0.4, 0.5) is 5.69 Å². The minimum absolute atomic E-state index is 0.0380. The topological polar surface area (TPSA) is 85.4 Å². The molecule has 8 nitrogen and oxygen atoms in total. The predicted molar refractivity (Wildman–Crippen MR) is 124 cm³/mol. The highest BCUT2D eigenvalue weighted by atomic mass is 16.5. The van der Waals surface area contributed by atoms with Crippen LogP contribution in [0.1, 0.15) is 32.3 Å². The molecule has 1 saturated heterocycles. The number of carbonyl (C=O) groups is 3. The van der Waals surface area contributed by atoms with Crippen molar-refractivity contribution in [2.75, 3.05) is 32.3 Å². The van der Waals surface area contributed by atoms with Crippen molar-refractivity contribution in [3.8, 4) is 17.2 Å². The maximum Gasteiger partial charge on any atom is 0.257 e. The van der Waals surface area contributed by atoms with Crippen LogP contribution in [0.25, 0.3) is 0 Å². The highest BCUT2D eigenvalue weighted by molar-refractivity contribution is 6.23. The molecule has 2 aromatic rings. The molecule has 0 aromatic heterocycles. The van der Waals surface area contributed by atoms with Crippen LogP contribution in [-0.2, 0) is 20.8 Å². The normalized spacial score (nSPS) is 15.5. The molecule has 1 heterocycles. The first-order valence-corrected chi connectivity index (χ1v) is 11.0. The molecular weight excluding hydrogens is 424 g/mol. The van der Waals surface area contributed by atoms with Crippen LogP contribution in [0, 0.1) is 0 Å². The van der Waals surface area contributed by atoms with Crippen molar-refractivity contribution < 1.29 is 28.6 Å². The van der Waals surface area contributed by atoms with Gasteiger partial charge in [-0.25, -0.2) is 4.90 Å². The van der Waals surface area contributed by atoms with E-state index in [-0.39, 0.29) is 24.7 Å². The second kappa shape index (κ2) is 10.8. The largest absolute Gasteiger partial charge is 0.494 e. The highest BCUT2D eigenvalue weighted by Gasteiger charge is 2.43. The van der Waals surface area contributed by atoms with E-state index in [4.69, 9.17) is 14.2 Å². The van der Waals surface area contributed by atoms with Gasteiger partial charge in [0.25, 0.3) is 5.91 Å². The van der Waals surface area contributed by atoms with Crippen LogP contribution in [0.3, 0.4) is 0 Å². The minimum atomic E-state index is -0.823.